The topological polar surface area (TPSA) is 76.5 Å². The molecule has 0 saturated carbocycles. The lowest BCUT2D eigenvalue weighted by Gasteiger charge is -2.19. The molecule has 5 nitrogen and oxygen atoms in total. The molecule has 0 radical (unpaired) electrons. The van der Waals surface area contributed by atoms with Crippen molar-refractivity contribution in [2.75, 3.05) is 12.4 Å². The van der Waals surface area contributed by atoms with Crippen LogP contribution in [0.3, 0.4) is 0 Å². The summed E-state index contributed by atoms with van der Waals surface area (Å²) in [5.41, 5.74) is 0.546. The molecule has 0 saturated heterocycles. The fraction of sp³-hybridized carbons (Fsp3) is 0.583. The predicted molar refractivity (Wildman–Crippen MR) is 69.2 cm³/mol. The van der Waals surface area contributed by atoms with Crippen LogP contribution in [0.1, 0.15) is 26.5 Å². The molecule has 18 heavy (non-hydrogen) atoms. The molecule has 6 heteroatoms. The molecule has 1 N–H and O–H groups in total. The van der Waals surface area contributed by atoms with E-state index in [9.17, 15) is 8.42 Å². The van der Waals surface area contributed by atoms with Gasteiger partial charge >= 0.3 is 0 Å². The molecule has 0 amide bonds. The second-order valence-corrected chi connectivity index (χ2v) is 7.79. The fourth-order valence-electron chi connectivity index (χ4n) is 1.17. The summed E-state index contributed by atoms with van der Waals surface area (Å²) in [5, 5.41) is 8.82. The van der Waals surface area contributed by atoms with Gasteiger partial charge in [-0.25, -0.2) is 8.42 Å². The molecular formula is C12H19NO4S. The van der Waals surface area contributed by atoms with Gasteiger partial charge in [-0.1, -0.05) is 0 Å². The summed E-state index contributed by atoms with van der Waals surface area (Å²) in [4.78, 5) is 3.94. The molecule has 1 aromatic heterocycles. The molecule has 0 aliphatic heterocycles. The molecule has 0 aromatic carbocycles. The van der Waals surface area contributed by atoms with E-state index in [0.717, 1.165) is 0 Å². The first kappa shape index (κ1) is 14.9. The molecular weight excluding hydrogens is 254 g/mol. The average molecular weight is 273 g/mol. The third-order valence-electron chi connectivity index (χ3n) is 2.51. The molecule has 1 rings (SSSR count). The minimum absolute atomic E-state index is 0.0295. The van der Waals surface area contributed by atoms with Crippen LogP contribution < -0.4 is 4.74 Å². The number of ether oxygens (including phenoxy) is 1. The Kier molecular flexibility index (Phi) is 4.70. The van der Waals surface area contributed by atoms with Gasteiger partial charge in [-0.2, -0.15) is 0 Å². The van der Waals surface area contributed by atoms with Crippen LogP contribution in [0.2, 0.25) is 0 Å². The maximum atomic E-state index is 11.8. The fourth-order valence-corrected chi connectivity index (χ4v) is 2.08. The Morgan fingerprint density at radius 2 is 2.00 bits per heavy atom. The van der Waals surface area contributed by atoms with Crippen molar-refractivity contribution in [1.29, 1.82) is 0 Å². The Labute approximate surface area is 108 Å². The predicted octanol–water partition coefficient (Wildman–Crippen LogP) is 1.17. The number of aliphatic hydroxyl groups excluding tert-OH is 1. The van der Waals surface area contributed by atoms with Gasteiger partial charge in [0, 0.05) is 0 Å². The largest absolute Gasteiger partial charge is 0.491 e. The Morgan fingerprint density at radius 3 is 2.44 bits per heavy atom. The number of hydrogen-bond donors (Lipinski definition) is 1. The molecule has 0 atom stereocenters. The van der Waals surface area contributed by atoms with Crippen molar-refractivity contribution in [3.63, 3.8) is 0 Å². The van der Waals surface area contributed by atoms with Gasteiger partial charge in [-0.3, -0.25) is 4.98 Å². The first-order valence-corrected chi connectivity index (χ1v) is 7.32. The highest BCUT2D eigenvalue weighted by atomic mass is 32.2. The zero-order valence-corrected chi connectivity index (χ0v) is 11.7. The summed E-state index contributed by atoms with van der Waals surface area (Å²) in [7, 11) is -3.17. The van der Waals surface area contributed by atoms with Gasteiger partial charge in [0.2, 0.25) is 0 Å². The molecule has 0 bridgehead atoms. The van der Waals surface area contributed by atoms with Crippen LogP contribution in [-0.2, 0) is 16.4 Å². The Morgan fingerprint density at radius 1 is 1.33 bits per heavy atom. The highest BCUT2D eigenvalue weighted by Gasteiger charge is 2.28. The van der Waals surface area contributed by atoms with Gasteiger partial charge in [-0.05, 0) is 32.9 Å². The minimum Gasteiger partial charge on any atom is -0.491 e. The number of rotatable bonds is 5. The smallest absolute Gasteiger partial charge is 0.158 e. The summed E-state index contributed by atoms with van der Waals surface area (Å²) < 4.78 is 28.2. The lowest BCUT2D eigenvalue weighted by Crippen LogP contribution is -2.32. The van der Waals surface area contributed by atoms with Crippen LogP contribution in [0.15, 0.2) is 18.3 Å². The Hall–Kier alpha value is -1.14. The molecule has 1 heterocycles. The average Bonchev–Trinajstić information content (AvgIpc) is 2.28. The lowest BCUT2D eigenvalue weighted by molar-refractivity contribution is 0.276. The number of pyridine rings is 1. The second kappa shape index (κ2) is 5.67. The molecule has 0 aliphatic carbocycles. The zero-order chi connectivity index (χ0) is 13.8. The van der Waals surface area contributed by atoms with Crippen LogP contribution in [0.4, 0.5) is 0 Å². The van der Waals surface area contributed by atoms with E-state index in [0.29, 0.717) is 11.4 Å². The van der Waals surface area contributed by atoms with E-state index < -0.39 is 14.6 Å². The van der Waals surface area contributed by atoms with Crippen LogP contribution >= 0.6 is 0 Å². The second-order valence-electron chi connectivity index (χ2n) is 4.92. The van der Waals surface area contributed by atoms with Crippen molar-refractivity contribution in [2.24, 2.45) is 0 Å². The summed E-state index contributed by atoms with van der Waals surface area (Å²) in [6.45, 7) is 4.97. The van der Waals surface area contributed by atoms with E-state index >= 15 is 0 Å². The van der Waals surface area contributed by atoms with Crippen molar-refractivity contribution in [3.05, 3.63) is 24.0 Å². The molecule has 0 unspecified atom stereocenters. The van der Waals surface area contributed by atoms with Gasteiger partial charge in [0.1, 0.15) is 12.4 Å². The zero-order valence-electron chi connectivity index (χ0n) is 10.9. The summed E-state index contributed by atoms with van der Waals surface area (Å²) >= 11 is 0. The molecule has 0 aliphatic rings. The van der Waals surface area contributed by atoms with Gasteiger partial charge in [-0.15, -0.1) is 0 Å². The molecule has 102 valence electrons. The van der Waals surface area contributed by atoms with Gasteiger partial charge in [0.15, 0.2) is 9.84 Å². The van der Waals surface area contributed by atoms with E-state index in [2.05, 4.69) is 4.98 Å². The van der Waals surface area contributed by atoms with Crippen molar-refractivity contribution in [1.82, 2.24) is 4.98 Å². The number of aliphatic hydroxyl groups is 1. The van der Waals surface area contributed by atoms with Crippen molar-refractivity contribution in [2.45, 2.75) is 32.1 Å². The highest BCUT2D eigenvalue weighted by molar-refractivity contribution is 7.92. The third kappa shape index (κ3) is 3.96. The number of hydrogen-bond acceptors (Lipinski definition) is 5. The maximum Gasteiger partial charge on any atom is 0.158 e. The van der Waals surface area contributed by atoms with Gasteiger partial charge in [0.05, 0.1) is 29.0 Å². The quantitative estimate of drug-likeness (QED) is 0.871. The monoisotopic (exact) mass is 273 g/mol. The number of nitrogens with zero attached hydrogens (tertiary/aromatic N) is 1. The van der Waals surface area contributed by atoms with E-state index in [4.69, 9.17) is 9.84 Å². The third-order valence-corrected chi connectivity index (χ3v) is 5.08. The molecule has 0 spiro atoms. The SMILES string of the molecule is CC(C)(C)S(=O)(=O)CCOc1ccc(CO)nc1. The van der Waals surface area contributed by atoms with Crippen LogP contribution in [0, 0.1) is 0 Å². The lowest BCUT2D eigenvalue weighted by atomic mass is 10.3. The molecule has 0 fully saturated rings. The molecule has 1 aromatic rings. The standard InChI is InChI=1S/C12H19NO4S/c1-12(2,3)18(15,16)7-6-17-11-5-4-10(9-14)13-8-11/h4-5,8,14H,6-7,9H2,1-3H3. The number of aromatic nitrogens is 1. The number of sulfone groups is 1. The van der Waals surface area contributed by atoms with E-state index in [-0.39, 0.29) is 19.0 Å². The highest BCUT2D eigenvalue weighted by Crippen LogP contribution is 2.16. The Bertz CT molecular complexity index is 474. The van der Waals surface area contributed by atoms with Crippen LogP contribution in [-0.4, -0.2) is 35.6 Å². The minimum atomic E-state index is -3.17. The maximum absolute atomic E-state index is 11.8. The summed E-state index contributed by atoms with van der Waals surface area (Å²) in [5.74, 6) is 0.467. The van der Waals surface area contributed by atoms with Crippen molar-refractivity contribution >= 4 is 9.84 Å². The van der Waals surface area contributed by atoms with E-state index in [1.54, 1.807) is 32.9 Å². The van der Waals surface area contributed by atoms with Gasteiger partial charge < -0.3 is 9.84 Å². The summed E-state index contributed by atoms with van der Waals surface area (Å²) in [6.07, 6.45) is 1.47. The summed E-state index contributed by atoms with van der Waals surface area (Å²) in [6, 6.07) is 3.29. The van der Waals surface area contributed by atoms with E-state index in [1.807, 2.05) is 0 Å². The first-order valence-electron chi connectivity index (χ1n) is 5.67. The normalized spacial score (nSPS) is 12.4. The first-order chi connectivity index (χ1) is 8.26. The van der Waals surface area contributed by atoms with Crippen LogP contribution in [0.25, 0.3) is 0 Å². The van der Waals surface area contributed by atoms with Crippen molar-refractivity contribution < 1.29 is 18.3 Å². The van der Waals surface area contributed by atoms with Crippen molar-refractivity contribution in [3.8, 4) is 5.75 Å². The van der Waals surface area contributed by atoms with Gasteiger partial charge in [0.25, 0.3) is 0 Å². The van der Waals surface area contributed by atoms with E-state index in [1.165, 1.54) is 6.20 Å². The Balaban J connectivity index is 2.52. The van der Waals surface area contributed by atoms with Crippen LogP contribution in [0.5, 0.6) is 5.75 Å².